The maximum atomic E-state index is 10.9. The molecule has 1 N–H and O–H groups in total. The van der Waals surface area contributed by atoms with Crippen LogP contribution in [-0.2, 0) is 23.2 Å². The first-order valence-corrected chi connectivity index (χ1v) is 7.30. The number of rotatable bonds is 4. The summed E-state index contributed by atoms with van der Waals surface area (Å²) in [5, 5.41) is 13.3. The summed E-state index contributed by atoms with van der Waals surface area (Å²) in [7, 11) is 1.90. The fourth-order valence-corrected chi connectivity index (χ4v) is 2.96. The van der Waals surface area contributed by atoms with Gasteiger partial charge in [0.15, 0.2) is 0 Å². The second-order valence-corrected chi connectivity index (χ2v) is 5.89. The Balaban J connectivity index is 1.85. The molecule has 0 radical (unpaired) electrons. The maximum absolute atomic E-state index is 10.9. The van der Waals surface area contributed by atoms with Crippen molar-refractivity contribution in [1.29, 1.82) is 0 Å². The van der Waals surface area contributed by atoms with Crippen LogP contribution in [0, 0.1) is 12.8 Å². The second kappa shape index (κ2) is 6.05. The number of nitrogens with zero attached hydrogens (tertiary/aromatic N) is 2. The van der Waals surface area contributed by atoms with Gasteiger partial charge in [0.2, 0.25) is 0 Å². The van der Waals surface area contributed by atoms with E-state index in [9.17, 15) is 4.79 Å². The summed E-state index contributed by atoms with van der Waals surface area (Å²) in [5.41, 5.74) is 1.98. The van der Waals surface area contributed by atoms with Gasteiger partial charge in [-0.15, -0.1) is 0 Å². The second-order valence-electron chi connectivity index (χ2n) is 5.09. The molecular weight excluding hydrogens is 312 g/mol. The Hall–Kier alpha value is -0.880. The third-order valence-corrected chi connectivity index (χ3v) is 4.77. The minimum Gasteiger partial charge on any atom is -0.481 e. The van der Waals surface area contributed by atoms with Crippen molar-refractivity contribution in [1.82, 2.24) is 9.78 Å². The van der Waals surface area contributed by atoms with E-state index < -0.39 is 5.97 Å². The Morgan fingerprint density at radius 2 is 2.11 bits per heavy atom. The maximum Gasteiger partial charge on any atom is 0.306 e. The molecule has 19 heavy (non-hydrogen) atoms. The van der Waals surface area contributed by atoms with Gasteiger partial charge in [-0.05, 0) is 48.5 Å². The van der Waals surface area contributed by atoms with Crippen LogP contribution in [0.15, 0.2) is 4.47 Å². The first kappa shape index (κ1) is 14.5. The number of aromatic nitrogens is 2. The summed E-state index contributed by atoms with van der Waals surface area (Å²) >= 11 is 3.51. The van der Waals surface area contributed by atoms with Crippen LogP contribution in [0.3, 0.4) is 0 Å². The molecule has 1 aliphatic rings. The molecule has 0 unspecified atom stereocenters. The first-order valence-electron chi connectivity index (χ1n) is 6.51. The van der Waals surface area contributed by atoms with Gasteiger partial charge in [0, 0.05) is 7.05 Å². The summed E-state index contributed by atoms with van der Waals surface area (Å²) in [6, 6.07) is 0. The lowest BCUT2D eigenvalue weighted by atomic mass is 9.87. The van der Waals surface area contributed by atoms with E-state index in [0.717, 1.165) is 28.7 Å². The summed E-state index contributed by atoms with van der Waals surface area (Å²) in [6.07, 6.45) is 3.24. The van der Waals surface area contributed by atoms with Crippen LogP contribution in [0.5, 0.6) is 0 Å². The zero-order chi connectivity index (χ0) is 14.0. The highest BCUT2D eigenvalue weighted by Gasteiger charge is 2.26. The summed E-state index contributed by atoms with van der Waals surface area (Å²) < 4.78 is 8.70. The number of carboxylic acid groups (broad SMARTS) is 1. The molecule has 0 saturated heterocycles. The number of hydrogen-bond donors (Lipinski definition) is 1. The molecule has 0 aromatic carbocycles. The highest BCUT2D eigenvalue weighted by molar-refractivity contribution is 9.10. The van der Waals surface area contributed by atoms with E-state index in [1.165, 1.54) is 0 Å². The van der Waals surface area contributed by atoms with E-state index in [0.29, 0.717) is 19.4 Å². The van der Waals surface area contributed by atoms with Crippen molar-refractivity contribution in [3.63, 3.8) is 0 Å². The predicted octanol–water partition coefficient (Wildman–Crippen LogP) is 2.65. The third kappa shape index (κ3) is 3.36. The molecule has 0 aliphatic heterocycles. The smallest absolute Gasteiger partial charge is 0.306 e. The van der Waals surface area contributed by atoms with Crippen LogP contribution in [0.25, 0.3) is 0 Å². The molecule has 0 spiro atoms. The van der Waals surface area contributed by atoms with Gasteiger partial charge in [0.1, 0.15) is 0 Å². The minimum atomic E-state index is -0.677. The van der Waals surface area contributed by atoms with Crippen molar-refractivity contribution in [3.8, 4) is 0 Å². The molecule has 1 aromatic rings. The van der Waals surface area contributed by atoms with E-state index in [-0.39, 0.29) is 12.0 Å². The molecule has 0 atom stereocenters. The molecule has 2 rings (SSSR count). The lowest BCUT2D eigenvalue weighted by Crippen LogP contribution is -2.26. The van der Waals surface area contributed by atoms with E-state index in [2.05, 4.69) is 21.0 Å². The normalized spacial score (nSPS) is 23.5. The molecule has 0 amide bonds. The van der Waals surface area contributed by atoms with Gasteiger partial charge in [-0.1, -0.05) is 0 Å². The number of aliphatic carboxylic acids is 1. The number of carbonyl (C=O) groups is 1. The summed E-state index contributed by atoms with van der Waals surface area (Å²) in [6.45, 7) is 2.46. The van der Waals surface area contributed by atoms with Crippen molar-refractivity contribution in [3.05, 3.63) is 15.9 Å². The first-order chi connectivity index (χ1) is 8.99. The van der Waals surface area contributed by atoms with Crippen LogP contribution in [0.2, 0.25) is 0 Å². The van der Waals surface area contributed by atoms with Crippen LogP contribution in [0.1, 0.15) is 37.1 Å². The molecule has 5 nitrogen and oxygen atoms in total. The number of ether oxygens (including phenoxy) is 1. The molecule has 1 aromatic heterocycles. The van der Waals surface area contributed by atoms with Crippen molar-refractivity contribution in [2.75, 3.05) is 0 Å². The molecule has 106 valence electrons. The predicted molar refractivity (Wildman–Crippen MR) is 73.8 cm³/mol. The Morgan fingerprint density at radius 1 is 1.47 bits per heavy atom. The molecule has 1 aliphatic carbocycles. The van der Waals surface area contributed by atoms with Crippen molar-refractivity contribution >= 4 is 21.9 Å². The van der Waals surface area contributed by atoms with E-state index in [1.54, 1.807) is 0 Å². The van der Waals surface area contributed by atoms with Gasteiger partial charge in [-0.25, -0.2) is 0 Å². The average Bonchev–Trinajstić information content (AvgIpc) is 2.62. The van der Waals surface area contributed by atoms with Crippen molar-refractivity contribution in [2.24, 2.45) is 13.0 Å². The zero-order valence-corrected chi connectivity index (χ0v) is 12.8. The van der Waals surface area contributed by atoms with Crippen molar-refractivity contribution in [2.45, 2.75) is 45.3 Å². The fourth-order valence-electron chi connectivity index (χ4n) is 2.51. The Bertz CT molecular complexity index is 465. The summed E-state index contributed by atoms with van der Waals surface area (Å²) in [5.74, 6) is -0.867. The van der Waals surface area contributed by atoms with Crippen LogP contribution in [0.4, 0.5) is 0 Å². The number of halogens is 1. The highest BCUT2D eigenvalue weighted by atomic mass is 79.9. The van der Waals surface area contributed by atoms with Gasteiger partial charge in [-0.2, -0.15) is 5.10 Å². The van der Waals surface area contributed by atoms with E-state index in [4.69, 9.17) is 9.84 Å². The summed E-state index contributed by atoms with van der Waals surface area (Å²) in [4.78, 5) is 10.9. The lowest BCUT2D eigenvalue weighted by molar-refractivity contribution is -0.143. The van der Waals surface area contributed by atoms with Crippen LogP contribution in [-0.4, -0.2) is 27.0 Å². The quantitative estimate of drug-likeness (QED) is 0.921. The molecule has 1 heterocycles. The SMILES string of the molecule is Cc1nn(C)c(COC2CCC(C(=O)O)CC2)c1Br. The Kier molecular flexibility index (Phi) is 4.62. The zero-order valence-electron chi connectivity index (χ0n) is 11.2. The number of carboxylic acids is 1. The van der Waals surface area contributed by atoms with E-state index in [1.807, 2.05) is 18.7 Å². The van der Waals surface area contributed by atoms with Gasteiger partial charge in [0.05, 0.1) is 34.5 Å². The monoisotopic (exact) mass is 330 g/mol. The lowest BCUT2D eigenvalue weighted by Gasteiger charge is -2.26. The van der Waals surface area contributed by atoms with Crippen molar-refractivity contribution < 1.29 is 14.6 Å². The third-order valence-electron chi connectivity index (χ3n) is 3.74. The van der Waals surface area contributed by atoms with Crippen LogP contribution < -0.4 is 0 Å². The Labute approximate surface area is 121 Å². The van der Waals surface area contributed by atoms with Crippen LogP contribution >= 0.6 is 15.9 Å². The topological polar surface area (TPSA) is 64.4 Å². The van der Waals surface area contributed by atoms with E-state index >= 15 is 0 Å². The largest absolute Gasteiger partial charge is 0.481 e. The standard InChI is InChI=1S/C13H19BrN2O3/c1-8-12(14)11(16(2)15-8)7-19-10-5-3-9(4-6-10)13(17)18/h9-10H,3-7H2,1-2H3,(H,17,18). The average molecular weight is 331 g/mol. The highest BCUT2D eigenvalue weighted by Crippen LogP contribution is 2.28. The van der Waals surface area contributed by atoms with Gasteiger partial charge in [-0.3, -0.25) is 9.48 Å². The molecule has 6 heteroatoms. The van der Waals surface area contributed by atoms with Gasteiger partial charge < -0.3 is 9.84 Å². The molecule has 0 bridgehead atoms. The fraction of sp³-hybridized carbons (Fsp3) is 0.692. The number of aryl methyl sites for hydroxylation is 2. The molecule has 1 fully saturated rings. The minimum absolute atomic E-state index is 0.165. The molecular formula is C13H19BrN2O3. The van der Waals surface area contributed by atoms with Gasteiger partial charge >= 0.3 is 5.97 Å². The Morgan fingerprint density at radius 3 is 2.58 bits per heavy atom. The van der Waals surface area contributed by atoms with Gasteiger partial charge in [0.25, 0.3) is 0 Å². The number of hydrogen-bond acceptors (Lipinski definition) is 3. The molecule has 1 saturated carbocycles.